The van der Waals surface area contributed by atoms with E-state index < -0.39 is 0 Å². The Hall–Kier alpha value is -1.91. The molecule has 18 heavy (non-hydrogen) atoms. The van der Waals surface area contributed by atoms with Gasteiger partial charge in [0.1, 0.15) is 11.6 Å². The van der Waals surface area contributed by atoms with Crippen molar-refractivity contribution in [3.05, 3.63) is 29.8 Å². The molecule has 94 valence electrons. The van der Waals surface area contributed by atoms with Crippen molar-refractivity contribution in [2.24, 2.45) is 0 Å². The maximum Gasteiger partial charge on any atom is 0.162 e. The zero-order valence-electron chi connectivity index (χ0n) is 10.7. The van der Waals surface area contributed by atoms with E-state index in [1.807, 2.05) is 23.9 Å². The second-order valence-corrected chi connectivity index (χ2v) is 4.63. The molecule has 3 rings (SSSR count). The summed E-state index contributed by atoms with van der Waals surface area (Å²) in [4.78, 5) is 9.30. The molecule has 0 bridgehead atoms. The fourth-order valence-electron chi connectivity index (χ4n) is 2.00. The Balaban J connectivity index is 2.10. The van der Waals surface area contributed by atoms with E-state index in [9.17, 15) is 0 Å². The topological polar surface area (TPSA) is 55.6 Å². The molecule has 0 amide bonds. The number of nitrogens with one attached hydrogen (secondary N) is 1. The minimum absolute atomic E-state index is 0.539. The molecule has 0 unspecified atom stereocenters. The lowest BCUT2D eigenvalue weighted by molar-refractivity contribution is 0.800. The first-order chi connectivity index (χ1) is 8.79. The largest absolute Gasteiger partial charge is 0.370 e. The number of aromatic nitrogens is 4. The van der Waals surface area contributed by atoms with E-state index in [-0.39, 0.29) is 0 Å². The Kier molecular flexibility index (Phi) is 2.74. The molecule has 5 nitrogen and oxygen atoms in total. The van der Waals surface area contributed by atoms with E-state index >= 15 is 0 Å². The molecule has 5 heteroatoms. The summed E-state index contributed by atoms with van der Waals surface area (Å²) in [5.41, 5.74) is 1.05. The van der Waals surface area contributed by atoms with Gasteiger partial charge in [-0.1, -0.05) is 0 Å². The van der Waals surface area contributed by atoms with Crippen molar-refractivity contribution in [1.82, 2.24) is 19.7 Å². The van der Waals surface area contributed by atoms with Gasteiger partial charge in [0.15, 0.2) is 5.82 Å². The van der Waals surface area contributed by atoms with Gasteiger partial charge in [-0.3, -0.25) is 0 Å². The molecule has 0 spiro atoms. The Morgan fingerprint density at radius 1 is 1.39 bits per heavy atom. The van der Waals surface area contributed by atoms with Crippen molar-refractivity contribution < 1.29 is 0 Å². The third kappa shape index (κ3) is 1.96. The molecular weight excluding hydrogens is 226 g/mol. The number of hydrogen-bond donors (Lipinski definition) is 1. The molecule has 2 aromatic rings. The Labute approximate surface area is 106 Å². The van der Waals surface area contributed by atoms with Crippen LogP contribution in [0, 0.1) is 6.92 Å². The molecule has 0 aliphatic heterocycles. The van der Waals surface area contributed by atoms with E-state index in [1.165, 1.54) is 12.8 Å². The van der Waals surface area contributed by atoms with Crippen molar-refractivity contribution in [2.45, 2.75) is 32.6 Å². The molecule has 1 N–H and O–H groups in total. The van der Waals surface area contributed by atoms with Gasteiger partial charge in [0, 0.05) is 30.4 Å². The third-order valence-corrected chi connectivity index (χ3v) is 3.15. The van der Waals surface area contributed by atoms with Gasteiger partial charge in [-0.15, -0.1) is 0 Å². The van der Waals surface area contributed by atoms with Crippen LogP contribution in [-0.4, -0.2) is 26.3 Å². The summed E-state index contributed by atoms with van der Waals surface area (Å²) in [6, 6.07) is 1.91. The Morgan fingerprint density at radius 3 is 2.83 bits per heavy atom. The molecule has 0 radical (unpaired) electrons. The average Bonchev–Trinajstić information content (AvgIpc) is 3.08. The molecular formula is C13H17N5. The van der Waals surface area contributed by atoms with Gasteiger partial charge in [-0.2, -0.15) is 5.10 Å². The highest BCUT2D eigenvalue weighted by atomic mass is 15.3. The SMILES string of the molecule is CCNc1nc(C2CC2)nc(-n2cccn2)c1C. The van der Waals surface area contributed by atoms with Gasteiger partial charge < -0.3 is 5.32 Å². The van der Waals surface area contributed by atoms with E-state index in [4.69, 9.17) is 0 Å². The molecule has 1 aliphatic carbocycles. The highest BCUT2D eigenvalue weighted by Gasteiger charge is 2.28. The first-order valence-electron chi connectivity index (χ1n) is 6.42. The van der Waals surface area contributed by atoms with Crippen LogP contribution in [0.4, 0.5) is 5.82 Å². The third-order valence-electron chi connectivity index (χ3n) is 3.15. The fourth-order valence-corrected chi connectivity index (χ4v) is 2.00. The van der Waals surface area contributed by atoms with Gasteiger partial charge in [-0.05, 0) is 32.8 Å². The van der Waals surface area contributed by atoms with Crippen molar-refractivity contribution >= 4 is 5.82 Å². The molecule has 2 aromatic heterocycles. The predicted molar refractivity (Wildman–Crippen MR) is 70.0 cm³/mol. The Morgan fingerprint density at radius 2 is 2.22 bits per heavy atom. The van der Waals surface area contributed by atoms with Crippen LogP contribution < -0.4 is 5.32 Å². The number of nitrogens with zero attached hydrogens (tertiary/aromatic N) is 4. The number of anilines is 1. The smallest absolute Gasteiger partial charge is 0.162 e. The first kappa shape index (κ1) is 11.2. The average molecular weight is 243 g/mol. The van der Waals surface area contributed by atoms with E-state index in [0.717, 1.165) is 29.6 Å². The van der Waals surface area contributed by atoms with Gasteiger partial charge in [0.25, 0.3) is 0 Å². The van der Waals surface area contributed by atoms with Crippen molar-refractivity contribution in [2.75, 3.05) is 11.9 Å². The van der Waals surface area contributed by atoms with Crippen LogP contribution >= 0.6 is 0 Å². The maximum atomic E-state index is 4.67. The molecule has 0 aromatic carbocycles. The summed E-state index contributed by atoms with van der Waals surface area (Å²) >= 11 is 0. The van der Waals surface area contributed by atoms with Gasteiger partial charge in [0.2, 0.25) is 0 Å². The van der Waals surface area contributed by atoms with Crippen LogP contribution in [0.3, 0.4) is 0 Å². The Bertz CT molecular complexity index is 543. The van der Waals surface area contributed by atoms with Crippen molar-refractivity contribution in [1.29, 1.82) is 0 Å². The van der Waals surface area contributed by atoms with Crippen LogP contribution in [0.2, 0.25) is 0 Å². The molecule has 2 heterocycles. The summed E-state index contributed by atoms with van der Waals surface area (Å²) in [6.45, 7) is 4.97. The number of rotatable bonds is 4. The first-order valence-corrected chi connectivity index (χ1v) is 6.42. The van der Waals surface area contributed by atoms with Crippen LogP contribution in [0.15, 0.2) is 18.5 Å². The highest BCUT2D eigenvalue weighted by Crippen LogP contribution is 2.39. The molecule has 1 aliphatic rings. The lowest BCUT2D eigenvalue weighted by atomic mass is 10.2. The van der Waals surface area contributed by atoms with Crippen LogP contribution in [-0.2, 0) is 0 Å². The van der Waals surface area contributed by atoms with E-state index in [1.54, 1.807) is 6.20 Å². The fraction of sp³-hybridized carbons (Fsp3) is 0.462. The highest BCUT2D eigenvalue weighted by molar-refractivity contribution is 5.51. The predicted octanol–water partition coefficient (Wildman–Crippen LogP) is 2.28. The van der Waals surface area contributed by atoms with Gasteiger partial charge >= 0.3 is 0 Å². The van der Waals surface area contributed by atoms with Gasteiger partial charge in [-0.25, -0.2) is 14.6 Å². The second-order valence-electron chi connectivity index (χ2n) is 4.63. The maximum absolute atomic E-state index is 4.67. The summed E-state index contributed by atoms with van der Waals surface area (Å²) in [5.74, 6) is 3.30. The summed E-state index contributed by atoms with van der Waals surface area (Å²) in [7, 11) is 0. The summed E-state index contributed by atoms with van der Waals surface area (Å²) < 4.78 is 1.81. The lowest BCUT2D eigenvalue weighted by Gasteiger charge is -2.12. The van der Waals surface area contributed by atoms with E-state index in [2.05, 4.69) is 27.3 Å². The van der Waals surface area contributed by atoms with Crippen LogP contribution in [0.25, 0.3) is 5.82 Å². The van der Waals surface area contributed by atoms with Crippen LogP contribution in [0.1, 0.15) is 37.1 Å². The lowest BCUT2D eigenvalue weighted by Crippen LogP contribution is -2.11. The van der Waals surface area contributed by atoms with Crippen LogP contribution in [0.5, 0.6) is 0 Å². The minimum atomic E-state index is 0.539. The zero-order valence-corrected chi connectivity index (χ0v) is 10.7. The summed E-state index contributed by atoms with van der Waals surface area (Å²) in [5, 5.41) is 7.58. The van der Waals surface area contributed by atoms with E-state index in [0.29, 0.717) is 5.92 Å². The molecule has 1 fully saturated rings. The monoisotopic (exact) mass is 243 g/mol. The summed E-state index contributed by atoms with van der Waals surface area (Å²) in [6.07, 6.45) is 6.09. The molecule has 0 atom stereocenters. The normalized spacial score (nSPS) is 14.8. The minimum Gasteiger partial charge on any atom is -0.370 e. The second kappa shape index (κ2) is 4.40. The van der Waals surface area contributed by atoms with Gasteiger partial charge in [0.05, 0.1) is 0 Å². The molecule has 0 saturated heterocycles. The number of hydrogen-bond acceptors (Lipinski definition) is 4. The standard InChI is InChI=1S/C13H17N5/c1-3-14-11-9(2)13(18-8-4-7-15-18)17-12(16-11)10-5-6-10/h4,7-8,10H,3,5-6H2,1-2H3,(H,14,16,17). The molecule has 1 saturated carbocycles. The zero-order chi connectivity index (χ0) is 12.5. The van der Waals surface area contributed by atoms with Crippen molar-refractivity contribution in [3.8, 4) is 5.82 Å². The quantitative estimate of drug-likeness (QED) is 0.895. The van der Waals surface area contributed by atoms with Crippen molar-refractivity contribution in [3.63, 3.8) is 0 Å².